The van der Waals surface area contributed by atoms with Crippen molar-refractivity contribution in [1.82, 2.24) is 13.4 Å². The molecule has 0 aliphatic carbocycles. The molecule has 178 valence electrons. The fraction of sp³-hybridized carbons (Fsp3) is 0.368. The highest BCUT2D eigenvalue weighted by Crippen LogP contribution is 2.28. The molecule has 1 aliphatic heterocycles. The van der Waals surface area contributed by atoms with Crippen LogP contribution in [0.4, 0.5) is 5.82 Å². The number of rotatable bonds is 6. The summed E-state index contributed by atoms with van der Waals surface area (Å²) in [5.74, 6) is -2.45. The van der Waals surface area contributed by atoms with E-state index in [0.717, 1.165) is 15.9 Å². The van der Waals surface area contributed by atoms with Gasteiger partial charge < -0.3 is 15.6 Å². The minimum Gasteiger partial charge on any atom is -0.456 e. The number of hydrogen-bond acceptors (Lipinski definition) is 9. The van der Waals surface area contributed by atoms with E-state index in [2.05, 4.69) is 0 Å². The Morgan fingerprint density at radius 1 is 1.18 bits per heavy atom. The van der Waals surface area contributed by atoms with Crippen molar-refractivity contribution in [3.05, 3.63) is 55.7 Å². The number of hydrogen-bond donors (Lipinski definition) is 2. The summed E-state index contributed by atoms with van der Waals surface area (Å²) in [5, 5.41) is 10.3. The van der Waals surface area contributed by atoms with E-state index in [1.54, 1.807) is 0 Å². The lowest BCUT2D eigenvalue weighted by molar-refractivity contribution is -0.146. The van der Waals surface area contributed by atoms with Gasteiger partial charge in [0.1, 0.15) is 17.4 Å². The number of β-amino-alcohol motifs (C(OH)–C–C–N with tert-alkyl or cyclic N) is 1. The van der Waals surface area contributed by atoms with Crippen LogP contribution < -0.4 is 17.0 Å². The number of nitrogen functional groups attached to an aromatic ring is 1. The second kappa shape index (κ2) is 9.09. The van der Waals surface area contributed by atoms with Gasteiger partial charge in [-0.15, -0.1) is 0 Å². The number of esters is 1. The van der Waals surface area contributed by atoms with Gasteiger partial charge in [-0.25, -0.2) is 13.2 Å². The highest BCUT2D eigenvalue weighted by Gasteiger charge is 2.44. The number of halogens is 1. The summed E-state index contributed by atoms with van der Waals surface area (Å²) in [6.45, 7) is -1.27. The molecular formula is C19H21ClN4O8S. The fourth-order valence-corrected chi connectivity index (χ4v) is 5.19. The number of aliphatic hydroxyl groups is 1. The van der Waals surface area contributed by atoms with Crippen molar-refractivity contribution < 1.29 is 27.9 Å². The lowest BCUT2D eigenvalue weighted by Crippen LogP contribution is -2.43. The van der Waals surface area contributed by atoms with E-state index < -0.39 is 63.2 Å². The minimum absolute atomic E-state index is 0.142. The molecule has 1 aliphatic rings. The van der Waals surface area contributed by atoms with Crippen LogP contribution in [0.1, 0.15) is 16.8 Å². The SMILES string of the molecule is Cn1c(N)c(C(=O)COC(=O)[C@H]2C[C@H](O)CN2S(=O)(=O)c2ccc(Cl)cc2)c(=O)n(C)c1=O. The maximum absolute atomic E-state index is 13.0. The Bertz CT molecular complexity index is 1330. The fourth-order valence-electron chi connectivity index (χ4n) is 3.43. The Hall–Kier alpha value is -3.00. The van der Waals surface area contributed by atoms with Crippen LogP contribution in [0, 0.1) is 0 Å². The number of carbonyl (C=O) groups excluding carboxylic acids is 2. The number of Topliss-reactive ketones (excluding diaryl/α,β-unsaturated/α-hetero) is 1. The second-order valence-electron chi connectivity index (χ2n) is 7.43. The lowest BCUT2D eigenvalue weighted by atomic mass is 10.2. The van der Waals surface area contributed by atoms with Gasteiger partial charge in [0.2, 0.25) is 15.8 Å². The number of anilines is 1. The number of nitrogens with zero attached hydrogens (tertiary/aromatic N) is 3. The van der Waals surface area contributed by atoms with Gasteiger partial charge >= 0.3 is 11.7 Å². The van der Waals surface area contributed by atoms with Crippen LogP contribution in [0.2, 0.25) is 5.02 Å². The van der Waals surface area contributed by atoms with Crippen molar-refractivity contribution in [1.29, 1.82) is 0 Å². The molecule has 1 saturated heterocycles. The zero-order valence-electron chi connectivity index (χ0n) is 17.6. The Balaban J connectivity index is 1.81. The first-order valence-corrected chi connectivity index (χ1v) is 11.4. The van der Waals surface area contributed by atoms with Crippen molar-refractivity contribution in [2.24, 2.45) is 14.1 Å². The monoisotopic (exact) mass is 500 g/mol. The number of nitrogens with two attached hydrogens (primary N) is 1. The van der Waals surface area contributed by atoms with E-state index in [1.165, 1.54) is 31.3 Å². The van der Waals surface area contributed by atoms with Crippen molar-refractivity contribution in [2.75, 3.05) is 18.9 Å². The second-order valence-corrected chi connectivity index (χ2v) is 9.76. The predicted molar refractivity (Wildman–Crippen MR) is 116 cm³/mol. The maximum Gasteiger partial charge on any atom is 0.332 e. The van der Waals surface area contributed by atoms with E-state index in [4.69, 9.17) is 22.1 Å². The number of aliphatic hydroxyl groups excluding tert-OH is 1. The third kappa shape index (κ3) is 4.57. The molecular weight excluding hydrogens is 480 g/mol. The summed E-state index contributed by atoms with van der Waals surface area (Å²) in [7, 11) is -1.76. The first kappa shape index (κ1) is 24.6. The van der Waals surface area contributed by atoms with Gasteiger partial charge in [0.15, 0.2) is 6.61 Å². The molecule has 1 fully saturated rings. The standard InChI is InChI=1S/C19H21ClN4O8S/c1-22-16(21)15(17(27)23(2)19(22)29)14(26)9-32-18(28)13-7-11(25)8-24(13)33(30,31)12-5-3-10(20)4-6-12/h3-6,11,13,25H,7-9,21H2,1-2H3/t11-,13+/m0/s1. The molecule has 1 aromatic carbocycles. The van der Waals surface area contributed by atoms with Gasteiger partial charge in [0, 0.05) is 32.1 Å². The Morgan fingerprint density at radius 2 is 1.79 bits per heavy atom. The van der Waals surface area contributed by atoms with Crippen molar-refractivity contribution >= 4 is 39.2 Å². The predicted octanol–water partition coefficient (Wildman–Crippen LogP) is -1.13. The molecule has 0 amide bonds. The largest absolute Gasteiger partial charge is 0.456 e. The quantitative estimate of drug-likeness (QED) is 0.367. The third-order valence-electron chi connectivity index (χ3n) is 5.26. The van der Waals surface area contributed by atoms with Gasteiger partial charge in [-0.3, -0.25) is 23.5 Å². The Labute approximate surface area is 192 Å². The molecule has 0 radical (unpaired) electrons. The highest BCUT2D eigenvalue weighted by atomic mass is 35.5. The molecule has 0 saturated carbocycles. The molecule has 3 rings (SSSR count). The van der Waals surface area contributed by atoms with E-state index in [9.17, 15) is 32.7 Å². The lowest BCUT2D eigenvalue weighted by Gasteiger charge is -2.22. The first-order chi connectivity index (χ1) is 15.4. The Kier molecular flexibility index (Phi) is 6.79. The zero-order valence-corrected chi connectivity index (χ0v) is 19.2. The van der Waals surface area contributed by atoms with Crippen LogP contribution in [-0.2, 0) is 33.7 Å². The molecule has 2 heterocycles. The summed E-state index contributed by atoms with van der Waals surface area (Å²) in [6, 6.07) is 3.85. The number of aromatic nitrogens is 2. The summed E-state index contributed by atoms with van der Waals surface area (Å²) < 4.78 is 33.3. The van der Waals surface area contributed by atoms with Crippen LogP contribution in [0.5, 0.6) is 0 Å². The number of benzene rings is 1. The number of carbonyl (C=O) groups is 2. The van der Waals surface area contributed by atoms with Gasteiger partial charge in [-0.1, -0.05) is 11.6 Å². The molecule has 1 aromatic heterocycles. The molecule has 0 bridgehead atoms. The minimum atomic E-state index is -4.19. The average molecular weight is 501 g/mol. The average Bonchev–Trinajstić information content (AvgIpc) is 3.18. The first-order valence-electron chi connectivity index (χ1n) is 9.57. The normalized spacial score (nSPS) is 18.9. The van der Waals surface area contributed by atoms with E-state index in [-0.39, 0.29) is 17.9 Å². The van der Waals surface area contributed by atoms with Crippen molar-refractivity contribution in [2.45, 2.75) is 23.5 Å². The van der Waals surface area contributed by atoms with Gasteiger partial charge in [0.05, 0.1) is 11.0 Å². The molecule has 3 N–H and O–H groups in total. The van der Waals surface area contributed by atoms with Gasteiger partial charge in [-0.2, -0.15) is 4.31 Å². The number of ketones is 1. The molecule has 0 spiro atoms. The van der Waals surface area contributed by atoms with E-state index in [1.807, 2.05) is 0 Å². The van der Waals surface area contributed by atoms with Gasteiger partial charge in [0.25, 0.3) is 5.56 Å². The molecule has 12 nitrogen and oxygen atoms in total. The van der Waals surface area contributed by atoms with Gasteiger partial charge in [-0.05, 0) is 24.3 Å². The van der Waals surface area contributed by atoms with Crippen LogP contribution in [0.25, 0.3) is 0 Å². The molecule has 2 atom stereocenters. The summed E-state index contributed by atoms with van der Waals surface area (Å²) in [6.07, 6.45) is -1.38. The van der Waals surface area contributed by atoms with Crippen LogP contribution in [0.15, 0.2) is 38.8 Å². The topological polar surface area (TPSA) is 171 Å². The van der Waals surface area contributed by atoms with Crippen molar-refractivity contribution in [3.63, 3.8) is 0 Å². The summed E-state index contributed by atoms with van der Waals surface area (Å²) in [4.78, 5) is 49.2. The summed E-state index contributed by atoms with van der Waals surface area (Å²) in [5.41, 5.74) is 3.48. The van der Waals surface area contributed by atoms with E-state index >= 15 is 0 Å². The third-order valence-corrected chi connectivity index (χ3v) is 7.40. The molecule has 0 unspecified atom stereocenters. The van der Waals surface area contributed by atoms with Crippen LogP contribution in [0.3, 0.4) is 0 Å². The summed E-state index contributed by atoms with van der Waals surface area (Å²) >= 11 is 5.79. The Morgan fingerprint density at radius 3 is 2.39 bits per heavy atom. The maximum atomic E-state index is 13.0. The molecule has 14 heteroatoms. The van der Waals surface area contributed by atoms with Crippen LogP contribution in [-0.4, -0.2) is 64.0 Å². The highest BCUT2D eigenvalue weighted by molar-refractivity contribution is 7.89. The molecule has 33 heavy (non-hydrogen) atoms. The number of sulfonamides is 1. The smallest absolute Gasteiger partial charge is 0.332 e. The van der Waals surface area contributed by atoms with Crippen molar-refractivity contribution in [3.8, 4) is 0 Å². The number of ether oxygens (including phenoxy) is 1. The molecule has 2 aromatic rings. The van der Waals surface area contributed by atoms with E-state index in [0.29, 0.717) is 9.59 Å². The zero-order chi connectivity index (χ0) is 24.7. The van der Waals surface area contributed by atoms with Crippen LogP contribution >= 0.6 is 11.6 Å².